The summed E-state index contributed by atoms with van der Waals surface area (Å²) in [6, 6.07) is 0. The zero-order valence-electron chi connectivity index (χ0n) is 12.6. The molecule has 108 valence electrons. The van der Waals surface area contributed by atoms with Gasteiger partial charge in [-0.25, -0.2) is 0 Å². The van der Waals surface area contributed by atoms with Crippen LogP contribution in [0.15, 0.2) is 0 Å². The highest BCUT2D eigenvalue weighted by Crippen LogP contribution is 2.15. The van der Waals surface area contributed by atoms with Gasteiger partial charge in [0.25, 0.3) is 0 Å². The van der Waals surface area contributed by atoms with Crippen LogP contribution in [-0.4, -0.2) is 38.0 Å². The van der Waals surface area contributed by atoms with Crippen LogP contribution in [0.4, 0.5) is 0 Å². The van der Waals surface area contributed by atoms with Gasteiger partial charge in [0.1, 0.15) is 6.61 Å². The summed E-state index contributed by atoms with van der Waals surface area (Å²) in [7, 11) is 0. The molecule has 0 aliphatic carbocycles. The molecule has 0 aromatic rings. The van der Waals surface area contributed by atoms with E-state index in [9.17, 15) is 4.79 Å². The number of hydrogen-bond acceptors (Lipinski definition) is 4. The third-order valence-corrected chi connectivity index (χ3v) is 2.28. The molecule has 0 bridgehead atoms. The normalized spacial score (nSPS) is 15.2. The van der Waals surface area contributed by atoms with Crippen LogP contribution >= 0.6 is 0 Å². The van der Waals surface area contributed by atoms with Crippen molar-refractivity contribution in [3.05, 3.63) is 0 Å². The number of hydrogen-bond donors (Lipinski definition) is 0. The molecule has 0 fully saturated rings. The summed E-state index contributed by atoms with van der Waals surface area (Å²) < 4.78 is 16.2. The number of carbonyl (C=O) groups excluding carboxylic acids is 1. The Kier molecular flexibility index (Phi) is 8.20. The van der Waals surface area contributed by atoms with Crippen molar-refractivity contribution in [1.82, 2.24) is 0 Å². The van der Waals surface area contributed by atoms with E-state index in [2.05, 4.69) is 6.92 Å². The van der Waals surface area contributed by atoms with Gasteiger partial charge in [0.05, 0.1) is 24.2 Å². The molecule has 0 spiro atoms. The predicted molar refractivity (Wildman–Crippen MR) is 71.5 cm³/mol. The molecule has 0 rings (SSSR count). The highest BCUT2D eigenvalue weighted by molar-refractivity contribution is 5.75. The molecular weight excluding hydrogens is 232 g/mol. The van der Waals surface area contributed by atoms with Gasteiger partial charge in [-0.3, -0.25) is 4.79 Å². The average Bonchev–Trinajstić information content (AvgIpc) is 2.29. The van der Waals surface area contributed by atoms with Crippen LogP contribution in [0.1, 0.15) is 48.0 Å². The zero-order chi connectivity index (χ0) is 14.2. The van der Waals surface area contributed by atoms with Gasteiger partial charge >= 0.3 is 5.97 Å². The Morgan fingerprint density at radius 3 is 2.11 bits per heavy atom. The molecule has 18 heavy (non-hydrogen) atoms. The summed E-state index contributed by atoms with van der Waals surface area (Å²) in [5.41, 5.74) is -0.461. The molecule has 0 N–H and O–H groups in total. The number of esters is 1. The van der Waals surface area contributed by atoms with Gasteiger partial charge in [-0.15, -0.1) is 0 Å². The van der Waals surface area contributed by atoms with Crippen LogP contribution in [0, 0.1) is 5.41 Å². The molecule has 0 amide bonds. The highest BCUT2D eigenvalue weighted by Gasteiger charge is 2.23. The lowest BCUT2D eigenvalue weighted by Crippen LogP contribution is -2.29. The summed E-state index contributed by atoms with van der Waals surface area (Å²) in [4.78, 5) is 11.5. The predicted octanol–water partition coefficient (Wildman–Crippen LogP) is 2.80. The van der Waals surface area contributed by atoms with Crippen molar-refractivity contribution in [1.29, 1.82) is 0 Å². The van der Waals surface area contributed by atoms with Crippen LogP contribution in [0.5, 0.6) is 0 Å². The molecule has 4 nitrogen and oxygen atoms in total. The summed E-state index contributed by atoms with van der Waals surface area (Å²) in [5, 5.41) is 0. The van der Waals surface area contributed by atoms with Crippen LogP contribution in [0.2, 0.25) is 0 Å². The average molecular weight is 260 g/mol. The maximum absolute atomic E-state index is 11.5. The van der Waals surface area contributed by atoms with Crippen LogP contribution < -0.4 is 0 Å². The minimum absolute atomic E-state index is 0.0747. The van der Waals surface area contributed by atoms with Crippen LogP contribution in [0.3, 0.4) is 0 Å². The van der Waals surface area contributed by atoms with E-state index in [4.69, 9.17) is 14.2 Å². The molecule has 0 heterocycles. The first kappa shape index (κ1) is 17.4. The number of ether oxygens (including phenoxy) is 3. The van der Waals surface area contributed by atoms with Crippen molar-refractivity contribution in [3.8, 4) is 0 Å². The van der Waals surface area contributed by atoms with Gasteiger partial charge in [-0.2, -0.15) is 0 Å². The summed E-state index contributed by atoms with van der Waals surface area (Å²) in [5.74, 6) is -0.201. The molecule has 4 heteroatoms. The minimum Gasteiger partial charge on any atom is -0.463 e. The quantitative estimate of drug-likeness (QED) is 0.629. The van der Waals surface area contributed by atoms with Crippen molar-refractivity contribution < 1.29 is 19.0 Å². The van der Waals surface area contributed by atoms with Crippen molar-refractivity contribution in [2.75, 3.05) is 19.8 Å². The molecule has 0 aliphatic heterocycles. The summed E-state index contributed by atoms with van der Waals surface area (Å²) in [6.07, 6.45) is 0.970. The molecule has 2 unspecified atom stereocenters. The maximum atomic E-state index is 11.5. The first-order valence-electron chi connectivity index (χ1n) is 6.67. The lowest BCUT2D eigenvalue weighted by molar-refractivity contribution is -0.157. The molecular formula is C14H28O4. The van der Waals surface area contributed by atoms with Gasteiger partial charge in [0.2, 0.25) is 0 Å². The maximum Gasteiger partial charge on any atom is 0.311 e. The molecule has 2 atom stereocenters. The Labute approximate surface area is 111 Å². The van der Waals surface area contributed by atoms with Gasteiger partial charge in [0.15, 0.2) is 0 Å². The van der Waals surface area contributed by atoms with Crippen molar-refractivity contribution >= 4 is 5.97 Å². The number of carbonyl (C=O) groups is 1. The number of rotatable bonds is 8. The Bertz CT molecular complexity index is 232. The van der Waals surface area contributed by atoms with Crippen molar-refractivity contribution in [2.24, 2.45) is 5.41 Å². The Morgan fingerprint density at radius 1 is 1.06 bits per heavy atom. The fraction of sp³-hybridized carbons (Fsp3) is 0.929. The molecule has 0 aromatic heterocycles. The molecule has 0 saturated carbocycles. The van der Waals surface area contributed by atoms with E-state index >= 15 is 0 Å². The monoisotopic (exact) mass is 260 g/mol. The fourth-order valence-electron chi connectivity index (χ4n) is 1.12. The van der Waals surface area contributed by atoms with E-state index in [1.165, 1.54) is 0 Å². The third-order valence-electron chi connectivity index (χ3n) is 2.28. The molecule has 0 aromatic carbocycles. The smallest absolute Gasteiger partial charge is 0.311 e. The third kappa shape index (κ3) is 8.48. The van der Waals surface area contributed by atoms with E-state index < -0.39 is 5.41 Å². The standard InChI is InChI=1S/C14H28O4/c1-7-8-16-11(2)9-17-12(3)10-18-13(15)14(4,5)6/h11-12H,7-10H2,1-6H3. The Morgan fingerprint density at radius 2 is 1.61 bits per heavy atom. The zero-order valence-corrected chi connectivity index (χ0v) is 12.6. The van der Waals surface area contributed by atoms with E-state index in [1.807, 2.05) is 34.6 Å². The molecule has 0 saturated heterocycles. The minimum atomic E-state index is -0.461. The SMILES string of the molecule is CCCOC(C)COC(C)COC(=O)C(C)(C)C. The van der Waals surface area contributed by atoms with Gasteiger partial charge in [0, 0.05) is 6.61 Å². The van der Waals surface area contributed by atoms with Crippen molar-refractivity contribution in [3.63, 3.8) is 0 Å². The second kappa shape index (κ2) is 8.48. The second-order valence-electron chi connectivity index (χ2n) is 5.67. The van der Waals surface area contributed by atoms with Crippen molar-refractivity contribution in [2.45, 2.75) is 60.2 Å². The van der Waals surface area contributed by atoms with E-state index in [-0.39, 0.29) is 24.8 Å². The highest BCUT2D eigenvalue weighted by atomic mass is 16.6. The molecule has 0 radical (unpaired) electrons. The first-order valence-corrected chi connectivity index (χ1v) is 6.67. The second-order valence-corrected chi connectivity index (χ2v) is 5.67. The van der Waals surface area contributed by atoms with E-state index in [0.717, 1.165) is 13.0 Å². The topological polar surface area (TPSA) is 44.8 Å². The van der Waals surface area contributed by atoms with Gasteiger partial charge in [-0.1, -0.05) is 6.92 Å². The van der Waals surface area contributed by atoms with Crippen LogP contribution in [0.25, 0.3) is 0 Å². The van der Waals surface area contributed by atoms with E-state index in [1.54, 1.807) is 0 Å². The molecule has 0 aliphatic rings. The van der Waals surface area contributed by atoms with Gasteiger partial charge < -0.3 is 14.2 Å². The largest absolute Gasteiger partial charge is 0.463 e. The summed E-state index contributed by atoms with van der Waals surface area (Å²) >= 11 is 0. The van der Waals surface area contributed by atoms with E-state index in [0.29, 0.717) is 6.61 Å². The lowest BCUT2D eigenvalue weighted by atomic mass is 9.97. The Hall–Kier alpha value is -0.610. The van der Waals surface area contributed by atoms with Gasteiger partial charge in [-0.05, 0) is 41.0 Å². The fourth-order valence-corrected chi connectivity index (χ4v) is 1.12. The lowest BCUT2D eigenvalue weighted by Gasteiger charge is -2.20. The Balaban J connectivity index is 3.72. The first-order chi connectivity index (χ1) is 8.27. The van der Waals surface area contributed by atoms with Crippen LogP contribution in [-0.2, 0) is 19.0 Å². The summed E-state index contributed by atoms with van der Waals surface area (Å²) in [6.45, 7) is 13.0.